The Balaban J connectivity index is 2.02. The van der Waals surface area contributed by atoms with Gasteiger partial charge in [0.25, 0.3) is 5.91 Å². The van der Waals surface area contributed by atoms with Crippen LogP contribution in [-0.2, 0) is 14.8 Å². The molecule has 0 bridgehead atoms. The fourth-order valence-corrected chi connectivity index (χ4v) is 3.47. The molecule has 1 saturated heterocycles. The van der Waals surface area contributed by atoms with Gasteiger partial charge in [-0.25, -0.2) is 12.7 Å². The van der Waals surface area contributed by atoms with Crippen LogP contribution >= 0.6 is 0 Å². The molecule has 2 atom stereocenters. The minimum Gasteiger partial charge on any atom is -0.379 e. The van der Waals surface area contributed by atoms with Crippen LogP contribution in [0.2, 0.25) is 0 Å². The van der Waals surface area contributed by atoms with Crippen molar-refractivity contribution < 1.29 is 17.9 Å². The number of hydrogen-bond donors (Lipinski definition) is 1. The summed E-state index contributed by atoms with van der Waals surface area (Å²) in [5, 5.41) is 2.88. The second-order valence-corrected chi connectivity index (χ2v) is 8.03. The number of nitrogens with zero attached hydrogens (tertiary/aromatic N) is 1. The third-order valence-corrected chi connectivity index (χ3v) is 5.77. The molecular formula is C15H22N2O4S. The van der Waals surface area contributed by atoms with Crippen molar-refractivity contribution in [3.63, 3.8) is 0 Å². The Morgan fingerprint density at radius 3 is 2.50 bits per heavy atom. The van der Waals surface area contributed by atoms with Gasteiger partial charge in [-0.15, -0.1) is 0 Å². The molecule has 1 aliphatic rings. The van der Waals surface area contributed by atoms with Gasteiger partial charge in [-0.2, -0.15) is 0 Å². The van der Waals surface area contributed by atoms with Gasteiger partial charge in [-0.1, -0.05) is 17.7 Å². The van der Waals surface area contributed by atoms with Gasteiger partial charge in [0.2, 0.25) is 10.0 Å². The van der Waals surface area contributed by atoms with E-state index in [2.05, 4.69) is 5.32 Å². The van der Waals surface area contributed by atoms with Gasteiger partial charge in [0.1, 0.15) is 0 Å². The topological polar surface area (TPSA) is 75.7 Å². The molecule has 0 aromatic heterocycles. The summed E-state index contributed by atoms with van der Waals surface area (Å²) in [7, 11) is -0.309. The van der Waals surface area contributed by atoms with E-state index in [4.69, 9.17) is 4.74 Å². The largest absolute Gasteiger partial charge is 0.379 e. The second kappa shape index (κ2) is 6.76. The third-order valence-electron chi connectivity index (χ3n) is 3.81. The molecule has 0 aliphatic carbocycles. The van der Waals surface area contributed by atoms with Gasteiger partial charge in [-0.05, 0) is 19.1 Å². The maximum atomic E-state index is 12.2. The molecule has 0 unspecified atom stereocenters. The lowest BCUT2D eigenvalue weighted by Crippen LogP contribution is -2.43. The number of nitrogens with one attached hydrogen (secondary N) is 1. The van der Waals surface area contributed by atoms with Crippen molar-refractivity contribution in [2.45, 2.75) is 13.0 Å². The van der Waals surface area contributed by atoms with Crippen LogP contribution in [0.5, 0.6) is 0 Å². The molecule has 22 heavy (non-hydrogen) atoms. The predicted octanol–water partition coefficient (Wildman–Crippen LogP) is 0.631. The molecule has 0 spiro atoms. The standard InChI is InChI=1S/C15H22N2O4S/c1-11-4-6-12(7-5-11)15(18)16-14-9-21-8-13(14)10-22(19,20)17(2)3/h4-7,13-14H,8-10H2,1-3H3,(H,16,18)/t13-,14+/m0/s1. The molecule has 1 N–H and O–H groups in total. The Morgan fingerprint density at radius 2 is 1.91 bits per heavy atom. The minimum atomic E-state index is -3.32. The molecule has 1 fully saturated rings. The van der Waals surface area contributed by atoms with Crippen molar-refractivity contribution in [2.24, 2.45) is 5.92 Å². The first-order chi connectivity index (χ1) is 10.3. The molecule has 1 aromatic rings. The van der Waals surface area contributed by atoms with E-state index in [-0.39, 0.29) is 23.6 Å². The highest BCUT2D eigenvalue weighted by molar-refractivity contribution is 7.89. The quantitative estimate of drug-likeness (QED) is 0.861. The summed E-state index contributed by atoms with van der Waals surface area (Å²) in [6.45, 7) is 2.63. The first-order valence-corrected chi connectivity index (χ1v) is 8.76. The molecule has 2 rings (SSSR count). The second-order valence-electron chi connectivity index (χ2n) is 5.80. The van der Waals surface area contributed by atoms with Gasteiger partial charge in [-0.3, -0.25) is 4.79 Å². The zero-order chi connectivity index (χ0) is 16.3. The molecule has 1 amide bonds. The molecule has 1 aliphatic heterocycles. The van der Waals surface area contributed by atoms with Crippen LogP contribution < -0.4 is 5.32 Å². The Hall–Kier alpha value is -1.44. The van der Waals surface area contributed by atoms with Crippen molar-refractivity contribution in [1.29, 1.82) is 0 Å². The molecule has 7 heteroatoms. The molecule has 0 saturated carbocycles. The SMILES string of the molecule is Cc1ccc(C(=O)N[C@@H]2COC[C@H]2CS(=O)(=O)N(C)C)cc1. The molecule has 1 heterocycles. The van der Waals surface area contributed by atoms with Crippen molar-refractivity contribution >= 4 is 15.9 Å². The van der Waals surface area contributed by atoms with Crippen LogP contribution in [0.1, 0.15) is 15.9 Å². The predicted molar refractivity (Wildman–Crippen MR) is 84.2 cm³/mol. The number of benzene rings is 1. The number of carbonyl (C=O) groups is 1. The lowest BCUT2D eigenvalue weighted by atomic mass is 10.1. The highest BCUT2D eigenvalue weighted by Gasteiger charge is 2.34. The van der Waals surface area contributed by atoms with Crippen molar-refractivity contribution in [2.75, 3.05) is 33.1 Å². The van der Waals surface area contributed by atoms with E-state index in [0.717, 1.165) is 5.56 Å². The summed E-state index contributed by atoms with van der Waals surface area (Å²) < 4.78 is 30.5. The number of sulfonamides is 1. The number of hydrogen-bond acceptors (Lipinski definition) is 4. The van der Waals surface area contributed by atoms with Gasteiger partial charge in [0.05, 0.1) is 25.0 Å². The van der Waals surface area contributed by atoms with E-state index < -0.39 is 10.0 Å². The fraction of sp³-hybridized carbons (Fsp3) is 0.533. The number of amides is 1. The molecule has 0 radical (unpaired) electrons. The van der Waals surface area contributed by atoms with E-state index >= 15 is 0 Å². The summed E-state index contributed by atoms with van der Waals surface area (Å²) in [6, 6.07) is 6.96. The summed E-state index contributed by atoms with van der Waals surface area (Å²) in [4.78, 5) is 12.2. The Bertz CT molecular complexity index is 625. The van der Waals surface area contributed by atoms with E-state index in [1.165, 1.54) is 18.4 Å². The average molecular weight is 326 g/mol. The van der Waals surface area contributed by atoms with Crippen LogP contribution in [0.4, 0.5) is 0 Å². The van der Waals surface area contributed by atoms with Crippen molar-refractivity contribution in [1.82, 2.24) is 9.62 Å². The summed E-state index contributed by atoms with van der Waals surface area (Å²) in [6.07, 6.45) is 0. The molecule has 122 valence electrons. The van der Waals surface area contributed by atoms with E-state index in [0.29, 0.717) is 18.8 Å². The number of rotatable bonds is 5. The molecule has 1 aromatic carbocycles. The van der Waals surface area contributed by atoms with Crippen LogP contribution in [0.15, 0.2) is 24.3 Å². The average Bonchev–Trinajstić information content (AvgIpc) is 2.85. The smallest absolute Gasteiger partial charge is 0.251 e. The first-order valence-electron chi connectivity index (χ1n) is 7.15. The first kappa shape index (κ1) is 16.9. The molecule has 6 nitrogen and oxygen atoms in total. The van der Waals surface area contributed by atoms with Crippen molar-refractivity contribution in [3.8, 4) is 0 Å². The lowest BCUT2D eigenvalue weighted by Gasteiger charge is -2.21. The summed E-state index contributed by atoms with van der Waals surface area (Å²) >= 11 is 0. The van der Waals surface area contributed by atoms with Crippen LogP contribution in [0.25, 0.3) is 0 Å². The van der Waals surface area contributed by atoms with Gasteiger partial charge in [0.15, 0.2) is 0 Å². The maximum absolute atomic E-state index is 12.2. The lowest BCUT2D eigenvalue weighted by molar-refractivity contribution is 0.0926. The number of carbonyl (C=O) groups excluding carboxylic acids is 1. The Kier molecular flexibility index (Phi) is 5.20. The number of aryl methyl sites for hydroxylation is 1. The zero-order valence-electron chi connectivity index (χ0n) is 13.1. The third kappa shape index (κ3) is 4.06. The van der Waals surface area contributed by atoms with Gasteiger partial charge >= 0.3 is 0 Å². The monoisotopic (exact) mass is 326 g/mol. The normalized spacial score (nSPS) is 22.0. The van der Waals surface area contributed by atoms with E-state index in [9.17, 15) is 13.2 Å². The summed E-state index contributed by atoms with van der Waals surface area (Å²) in [5.41, 5.74) is 1.64. The number of ether oxygens (including phenoxy) is 1. The van der Waals surface area contributed by atoms with E-state index in [1.807, 2.05) is 19.1 Å². The zero-order valence-corrected chi connectivity index (χ0v) is 13.9. The van der Waals surface area contributed by atoms with Gasteiger partial charge in [0, 0.05) is 25.6 Å². The summed E-state index contributed by atoms with van der Waals surface area (Å²) in [5.74, 6) is -0.469. The van der Waals surface area contributed by atoms with Crippen LogP contribution in [0.3, 0.4) is 0 Å². The highest BCUT2D eigenvalue weighted by atomic mass is 32.2. The maximum Gasteiger partial charge on any atom is 0.251 e. The van der Waals surface area contributed by atoms with Gasteiger partial charge < -0.3 is 10.1 Å². The minimum absolute atomic E-state index is 0.0289. The van der Waals surface area contributed by atoms with Crippen LogP contribution in [-0.4, -0.2) is 57.7 Å². The van der Waals surface area contributed by atoms with Crippen LogP contribution in [0, 0.1) is 12.8 Å². The van der Waals surface area contributed by atoms with Crippen molar-refractivity contribution in [3.05, 3.63) is 35.4 Å². The molecular weight excluding hydrogens is 304 g/mol. The fourth-order valence-electron chi connectivity index (χ4n) is 2.30. The highest BCUT2D eigenvalue weighted by Crippen LogP contribution is 2.18. The Labute approximate surface area is 131 Å². The Morgan fingerprint density at radius 1 is 1.27 bits per heavy atom. The van der Waals surface area contributed by atoms with E-state index in [1.54, 1.807) is 12.1 Å².